The van der Waals surface area contributed by atoms with Gasteiger partial charge in [-0.15, -0.1) is 0 Å². The van der Waals surface area contributed by atoms with Crippen molar-refractivity contribution in [1.82, 2.24) is 0 Å². The van der Waals surface area contributed by atoms with Crippen molar-refractivity contribution < 1.29 is 23.5 Å². The van der Waals surface area contributed by atoms with Gasteiger partial charge in [0.25, 0.3) is 0 Å². The molecular formula is C13H15BrFNO4. The third kappa shape index (κ3) is 4.48. The van der Waals surface area contributed by atoms with Crippen LogP contribution in [0.5, 0.6) is 0 Å². The first-order valence-electron chi connectivity index (χ1n) is 5.71. The van der Waals surface area contributed by atoms with Crippen LogP contribution in [0.1, 0.15) is 31.1 Å². The van der Waals surface area contributed by atoms with Crippen LogP contribution in [-0.4, -0.2) is 24.8 Å². The van der Waals surface area contributed by atoms with Crippen LogP contribution in [0.4, 0.5) is 14.9 Å². The van der Waals surface area contributed by atoms with Gasteiger partial charge in [0, 0.05) is 0 Å². The lowest BCUT2D eigenvalue weighted by Gasteiger charge is -2.20. The quantitative estimate of drug-likeness (QED) is 0.828. The molecule has 0 radical (unpaired) electrons. The van der Waals surface area contributed by atoms with Gasteiger partial charge in [0.2, 0.25) is 0 Å². The predicted molar refractivity (Wildman–Crippen MR) is 75.3 cm³/mol. The number of ether oxygens (including phenoxy) is 2. The van der Waals surface area contributed by atoms with E-state index in [9.17, 15) is 14.0 Å². The maximum Gasteiger partial charge on any atom is 0.412 e. The Morgan fingerprint density at radius 3 is 2.40 bits per heavy atom. The molecule has 1 aromatic carbocycles. The number of methoxy groups -OCH3 is 1. The average Bonchev–Trinajstić information content (AvgIpc) is 2.30. The van der Waals surface area contributed by atoms with Crippen LogP contribution < -0.4 is 5.32 Å². The number of carbonyl (C=O) groups is 2. The molecule has 1 rings (SSSR count). The molecule has 0 aromatic heterocycles. The maximum atomic E-state index is 13.5. The topological polar surface area (TPSA) is 64.6 Å². The zero-order valence-electron chi connectivity index (χ0n) is 11.5. The molecule has 0 saturated carbocycles. The Kier molecular flexibility index (Phi) is 5.10. The highest BCUT2D eigenvalue weighted by Crippen LogP contribution is 2.26. The second-order valence-electron chi connectivity index (χ2n) is 4.93. The summed E-state index contributed by atoms with van der Waals surface area (Å²) in [6.45, 7) is 5.07. The van der Waals surface area contributed by atoms with E-state index in [-0.39, 0.29) is 15.7 Å². The zero-order chi connectivity index (χ0) is 15.5. The van der Waals surface area contributed by atoms with Gasteiger partial charge in [-0.2, -0.15) is 0 Å². The number of anilines is 1. The number of hydrogen-bond donors (Lipinski definition) is 1. The molecular weight excluding hydrogens is 333 g/mol. The normalized spacial score (nSPS) is 10.9. The molecule has 0 unspecified atom stereocenters. The number of halogens is 2. The Balaban J connectivity index is 3.07. The standard InChI is InChI=1S/C13H15BrFNO4/c1-13(2,3)20-12(18)16-10-6-9(15)8(14)5-7(10)11(17)19-4/h5-6H,1-4H3,(H,16,18). The summed E-state index contributed by atoms with van der Waals surface area (Å²) >= 11 is 2.97. The number of benzene rings is 1. The Morgan fingerprint density at radius 1 is 1.30 bits per heavy atom. The molecule has 0 aliphatic rings. The van der Waals surface area contributed by atoms with Crippen LogP contribution in [0.3, 0.4) is 0 Å². The maximum absolute atomic E-state index is 13.5. The van der Waals surface area contributed by atoms with Gasteiger partial charge in [-0.1, -0.05) is 0 Å². The highest BCUT2D eigenvalue weighted by molar-refractivity contribution is 9.10. The summed E-state index contributed by atoms with van der Waals surface area (Å²) in [4.78, 5) is 23.3. The summed E-state index contributed by atoms with van der Waals surface area (Å²) in [5, 5.41) is 2.33. The third-order valence-corrected chi connectivity index (χ3v) is 2.71. The van der Waals surface area contributed by atoms with E-state index < -0.39 is 23.5 Å². The molecule has 0 atom stereocenters. The smallest absolute Gasteiger partial charge is 0.412 e. The van der Waals surface area contributed by atoms with E-state index in [1.165, 1.54) is 13.2 Å². The highest BCUT2D eigenvalue weighted by atomic mass is 79.9. The molecule has 1 aromatic rings. The molecule has 110 valence electrons. The molecule has 20 heavy (non-hydrogen) atoms. The second kappa shape index (κ2) is 6.21. The van der Waals surface area contributed by atoms with Crippen molar-refractivity contribution >= 4 is 33.7 Å². The second-order valence-corrected chi connectivity index (χ2v) is 5.78. The fourth-order valence-electron chi connectivity index (χ4n) is 1.34. The van der Waals surface area contributed by atoms with Gasteiger partial charge in [0.05, 0.1) is 22.8 Å². The van der Waals surface area contributed by atoms with Gasteiger partial charge in [-0.3, -0.25) is 5.32 Å². The Labute approximate surface area is 124 Å². The summed E-state index contributed by atoms with van der Waals surface area (Å²) < 4.78 is 23.2. The minimum absolute atomic E-state index is 0.0200. The van der Waals surface area contributed by atoms with Crippen molar-refractivity contribution in [3.63, 3.8) is 0 Å². The van der Waals surface area contributed by atoms with Crippen molar-refractivity contribution in [3.05, 3.63) is 28.0 Å². The van der Waals surface area contributed by atoms with E-state index in [1.807, 2.05) is 0 Å². The minimum atomic E-state index is -0.788. The molecule has 0 saturated heterocycles. The fourth-order valence-corrected chi connectivity index (χ4v) is 1.69. The van der Waals surface area contributed by atoms with Gasteiger partial charge in [0.15, 0.2) is 0 Å². The van der Waals surface area contributed by atoms with E-state index in [4.69, 9.17) is 4.74 Å². The largest absolute Gasteiger partial charge is 0.465 e. The van der Waals surface area contributed by atoms with Crippen molar-refractivity contribution in [2.75, 3.05) is 12.4 Å². The van der Waals surface area contributed by atoms with E-state index >= 15 is 0 Å². The minimum Gasteiger partial charge on any atom is -0.465 e. The van der Waals surface area contributed by atoms with E-state index in [0.717, 1.165) is 6.07 Å². The highest BCUT2D eigenvalue weighted by Gasteiger charge is 2.21. The van der Waals surface area contributed by atoms with E-state index in [0.29, 0.717) is 0 Å². The lowest BCUT2D eigenvalue weighted by atomic mass is 10.1. The first-order chi connectivity index (χ1) is 9.14. The Morgan fingerprint density at radius 2 is 1.90 bits per heavy atom. The summed E-state index contributed by atoms with van der Waals surface area (Å²) in [7, 11) is 1.19. The summed E-state index contributed by atoms with van der Waals surface area (Å²) in [5.74, 6) is -1.32. The number of amides is 1. The SMILES string of the molecule is COC(=O)c1cc(Br)c(F)cc1NC(=O)OC(C)(C)C. The number of hydrogen-bond acceptors (Lipinski definition) is 4. The molecule has 0 bridgehead atoms. The average molecular weight is 348 g/mol. The molecule has 5 nitrogen and oxygen atoms in total. The summed E-state index contributed by atoms with van der Waals surface area (Å²) in [5.41, 5.74) is -0.706. The number of rotatable bonds is 2. The summed E-state index contributed by atoms with van der Waals surface area (Å²) in [6.07, 6.45) is -0.788. The number of esters is 1. The van der Waals surface area contributed by atoms with Crippen LogP contribution >= 0.6 is 15.9 Å². The Bertz CT molecular complexity index is 540. The van der Waals surface area contributed by atoms with Crippen molar-refractivity contribution in [2.45, 2.75) is 26.4 Å². The van der Waals surface area contributed by atoms with Crippen molar-refractivity contribution in [2.24, 2.45) is 0 Å². The van der Waals surface area contributed by atoms with Crippen molar-refractivity contribution in [3.8, 4) is 0 Å². The molecule has 0 aliphatic carbocycles. The van der Waals surface area contributed by atoms with Crippen LogP contribution in [0.15, 0.2) is 16.6 Å². The van der Waals surface area contributed by atoms with Crippen LogP contribution in [0.2, 0.25) is 0 Å². The number of nitrogens with one attached hydrogen (secondary N) is 1. The van der Waals surface area contributed by atoms with Crippen molar-refractivity contribution in [1.29, 1.82) is 0 Å². The first kappa shape index (κ1) is 16.4. The monoisotopic (exact) mass is 347 g/mol. The van der Waals surface area contributed by atoms with Gasteiger partial charge in [-0.25, -0.2) is 14.0 Å². The molecule has 1 N–H and O–H groups in total. The lowest BCUT2D eigenvalue weighted by molar-refractivity contribution is 0.0601. The predicted octanol–water partition coefficient (Wildman–Crippen LogP) is 3.72. The molecule has 0 spiro atoms. The van der Waals surface area contributed by atoms with Gasteiger partial charge >= 0.3 is 12.1 Å². The van der Waals surface area contributed by atoms with E-state index in [1.54, 1.807) is 20.8 Å². The lowest BCUT2D eigenvalue weighted by Crippen LogP contribution is -2.27. The molecule has 0 aliphatic heterocycles. The van der Waals surface area contributed by atoms with Gasteiger partial charge < -0.3 is 9.47 Å². The van der Waals surface area contributed by atoms with Crippen LogP contribution in [0.25, 0.3) is 0 Å². The van der Waals surface area contributed by atoms with Gasteiger partial charge in [-0.05, 0) is 48.8 Å². The molecule has 0 fully saturated rings. The Hall–Kier alpha value is -1.63. The molecule has 0 heterocycles. The summed E-state index contributed by atoms with van der Waals surface area (Å²) in [6, 6.07) is 2.24. The molecule has 7 heteroatoms. The van der Waals surface area contributed by atoms with Crippen LogP contribution in [-0.2, 0) is 9.47 Å². The first-order valence-corrected chi connectivity index (χ1v) is 6.50. The zero-order valence-corrected chi connectivity index (χ0v) is 13.1. The molecule has 1 amide bonds. The van der Waals surface area contributed by atoms with Crippen LogP contribution in [0, 0.1) is 5.82 Å². The van der Waals surface area contributed by atoms with E-state index in [2.05, 4.69) is 26.0 Å². The fraction of sp³-hybridized carbons (Fsp3) is 0.385. The number of carbonyl (C=O) groups excluding carboxylic acids is 2. The van der Waals surface area contributed by atoms with Gasteiger partial charge in [0.1, 0.15) is 11.4 Å². The third-order valence-electron chi connectivity index (χ3n) is 2.10.